The van der Waals surface area contributed by atoms with Gasteiger partial charge in [-0.25, -0.2) is 9.19 Å². The van der Waals surface area contributed by atoms with Gasteiger partial charge in [0.15, 0.2) is 5.01 Å². The van der Waals surface area contributed by atoms with Gasteiger partial charge in [-0.1, -0.05) is 12.1 Å². The van der Waals surface area contributed by atoms with Crippen LogP contribution in [0.1, 0.15) is 30.6 Å². The summed E-state index contributed by atoms with van der Waals surface area (Å²) in [7, 11) is -1.62. The SMILES string of the molecule is O=C(NCc1cnc(C(F)(F)F)s1)c1ccc2c(c1)NC(=O)c1ccccc1S2=O. The molecule has 2 heterocycles. The second-order valence-corrected chi connectivity index (χ2v) is 8.77. The van der Waals surface area contributed by atoms with Crippen LogP contribution < -0.4 is 10.6 Å². The van der Waals surface area contributed by atoms with Crippen LogP contribution >= 0.6 is 11.3 Å². The van der Waals surface area contributed by atoms with Crippen molar-refractivity contribution in [2.45, 2.75) is 22.5 Å². The highest BCUT2D eigenvalue weighted by Gasteiger charge is 2.34. The van der Waals surface area contributed by atoms with Gasteiger partial charge in [0.2, 0.25) is 0 Å². The second-order valence-electron chi connectivity index (χ2n) is 6.24. The smallest absolute Gasteiger partial charge is 0.347 e. The Labute approximate surface area is 174 Å². The third kappa shape index (κ3) is 3.85. The van der Waals surface area contributed by atoms with Crippen molar-refractivity contribution >= 4 is 39.6 Å². The molecule has 1 aromatic heterocycles. The molecule has 1 unspecified atom stereocenters. The number of fused-ring (bicyclic) bond motifs is 2. The van der Waals surface area contributed by atoms with Gasteiger partial charge in [0, 0.05) is 16.6 Å². The molecule has 0 spiro atoms. The van der Waals surface area contributed by atoms with E-state index in [-0.39, 0.29) is 28.2 Å². The number of rotatable bonds is 3. The van der Waals surface area contributed by atoms with E-state index in [9.17, 15) is 27.0 Å². The average molecular weight is 451 g/mol. The van der Waals surface area contributed by atoms with Gasteiger partial charge in [0.1, 0.15) is 0 Å². The van der Waals surface area contributed by atoms with Gasteiger partial charge in [0.25, 0.3) is 11.8 Å². The number of hydrogen-bond acceptors (Lipinski definition) is 5. The van der Waals surface area contributed by atoms with Gasteiger partial charge < -0.3 is 10.6 Å². The third-order valence-corrected chi connectivity index (χ3v) is 6.79. The van der Waals surface area contributed by atoms with Crippen LogP contribution in [0.3, 0.4) is 0 Å². The molecule has 1 aliphatic rings. The van der Waals surface area contributed by atoms with Gasteiger partial charge in [0.05, 0.1) is 38.4 Å². The minimum Gasteiger partial charge on any atom is -0.347 e. The number of hydrogen-bond donors (Lipinski definition) is 2. The van der Waals surface area contributed by atoms with E-state index in [1.165, 1.54) is 18.2 Å². The first-order valence-corrected chi connectivity index (χ1v) is 10.5. The number of nitrogens with zero attached hydrogens (tertiary/aromatic N) is 1. The number of thiazole rings is 1. The first kappa shape index (κ1) is 20.2. The van der Waals surface area contributed by atoms with Gasteiger partial charge in [-0.3, -0.25) is 9.59 Å². The summed E-state index contributed by atoms with van der Waals surface area (Å²) in [5.41, 5.74) is 0.681. The fourth-order valence-corrected chi connectivity index (χ4v) is 4.86. The number of aromatic nitrogens is 1. The highest BCUT2D eigenvalue weighted by Crippen LogP contribution is 2.33. The summed E-state index contributed by atoms with van der Waals surface area (Å²) in [5, 5.41) is 4.19. The number of carbonyl (C=O) groups excluding carboxylic acids is 2. The molecule has 11 heteroatoms. The fraction of sp³-hybridized carbons (Fsp3) is 0.105. The number of benzene rings is 2. The highest BCUT2D eigenvalue weighted by atomic mass is 32.2. The summed E-state index contributed by atoms with van der Waals surface area (Å²) in [6.45, 7) is -0.132. The molecule has 2 amide bonds. The number of alkyl halides is 3. The zero-order valence-electron chi connectivity index (χ0n) is 14.9. The first-order chi connectivity index (χ1) is 14.2. The normalized spacial score (nSPS) is 15.6. The minimum absolute atomic E-state index is 0.132. The van der Waals surface area contributed by atoms with Gasteiger partial charge in [-0.05, 0) is 30.3 Å². The summed E-state index contributed by atoms with van der Waals surface area (Å²) < 4.78 is 50.7. The molecule has 2 N–H and O–H groups in total. The van der Waals surface area contributed by atoms with E-state index in [4.69, 9.17) is 0 Å². The Morgan fingerprint density at radius 2 is 1.93 bits per heavy atom. The van der Waals surface area contributed by atoms with E-state index in [0.717, 1.165) is 6.20 Å². The van der Waals surface area contributed by atoms with Crippen LogP contribution in [0.5, 0.6) is 0 Å². The predicted molar refractivity (Wildman–Crippen MR) is 104 cm³/mol. The third-order valence-electron chi connectivity index (χ3n) is 4.24. The number of anilines is 1. The quantitative estimate of drug-likeness (QED) is 0.634. The standard InChI is InChI=1S/C19H12F3N3O3S2/c20-19(21,22)18-24-9-11(29-18)8-23-16(26)10-5-6-15-13(7-10)25-17(27)12-3-1-2-4-14(12)30(15)28/h1-7,9H,8H2,(H,23,26)(H,25,27). The highest BCUT2D eigenvalue weighted by molar-refractivity contribution is 7.85. The Morgan fingerprint density at radius 3 is 2.67 bits per heavy atom. The summed E-state index contributed by atoms with van der Waals surface area (Å²) in [6, 6.07) is 10.8. The van der Waals surface area contributed by atoms with Gasteiger partial charge in [-0.2, -0.15) is 13.2 Å². The van der Waals surface area contributed by atoms with Crippen LogP contribution in [0.2, 0.25) is 0 Å². The molecule has 2 aromatic carbocycles. The van der Waals surface area contributed by atoms with Crippen molar-refractivity contribution in [2.24, 2.45) is 0 Å². The molecule has 0 saturated carbocycles. The lowest BCUT2D eigenvalue weighted by Gasteiger charge is -2.09. The molecular formula is C19H12F3N3O3S2. The van der Waals surface area contributed by atoms with Crippen LogP contribution in [0, 0.1) is 0 Å². The second kappa shape index (κ2) is 7.65. The zero-order valence-corrected chi connectivity index (χ0v) is 16.6. The molecule has 1 atom stereocenters. The van der Waals surface area contributed by atoms with Crippen molar-refractivity contribution in [3.05, 3.63) is 69.7 Å². The Balaban J connectivity index is 1.54. The number of amides is 2. The maximum absolute atomic E-state index is 12.9. The molecule has 0 bridgehead atoms. The Kier molecular flexibility index (Phi) is 5.16. The summed E-state index contributed by atoms with van der Waals surface area (Å²) in [4.78, 5) is 29.2. The van der Waals surface area contributed by atoms with Crippen LogP contribution in [-0.4, -0.2) is 21.0 Å². The predicted octanol–water partition coefficient (Wildman–Crippen LogP) is 3.82. The Hall–Kier alpha value is -3.05. The maximum Gasteiger partial charge on any atom is 0.443 e. The first-order valence-electron chi connectivity index (χ1n) is 8.50. The summed E-state index contributed by atoms with van der Waals surface area (Å²) in [6.07, 6.45) is -3.47. The molecule has 0 saturated heterocycles. The molecule has 3 aromatic rings. The summed E-state index contributed by atoms with van der Waals surface area (Å²) in [5.74, 6) is -0.999. The van der Waals surface area contributed by atoms with E-state index < -0.39 is 33.8 Å². The van der Waals surface area contributed by atoms with Crippen LogP contribution in [-0.2, 0) is 23.5 Å². The molecule has 6 nitrogen and oxygen atoms in total. The molecule has 0 aliphatic carbocycles. The number of nitrogens with one attached hydrogen (secondary N) is 2. The molecule has 4 rings (SSSR count). The van der Waals surface area contributed by atoms with E-state index in [1.807, 2.05) is 0 Å². The lowest BCUT2D eigenvalue weighted by molar-refractivity contribution is -0.137. The molecule has 0 radical (unpaired) electrons. The Bertz CT molecular complexity index is 1190. The van der Waals surface area contributed by atoms with Crippen LogP contribution in [0.25, 0.3) is 0 Å². The average Bonchev–Trinajstić information content (AvgIpc) is 3.17. The van der Waals surface area contributed by atoms with E-state index in [0.29, 0.717) is 21.1 Å². The van der Waals surface area contributed by atoms with Crippen LogP contribution in [0.15, 0.2) is 58.5 Å². The van der Waals surface area contributed by atoms with E-state index in [2.05, 4.69) is 15.6 Å². The molecule has 30 heavy (non-hydrogen) atoms. The molecular weight excluding hydrogens is 439 g/mol. The van der Waals surface area contributed by atoms with Crippen molar-refractivity contribution in [1.29, 1.82) is 0 Å². The minimum atomic E-state index is -4.53. The van der Waals surface area contributed by atoms with Crippen LogP contribution in [0.4, 0.5) is 18.9 Å². The number of halogens is 3. The van der Waals surface area contributed by atoms with Crippen molar-refractivity contribution < 1.29 is 27.0 Å². The Morgan fingerprint density at radius 1 is 1.17 bits per heavy atom. The maximum atomic E-state index is 12.9. The topological polar surface area (TPSA) is 88.2 Å². The summed E-state index contributed by atoms with van der Waals surface area (Å²) >= 11 is 0.448. The van der Waals surface area contributed by atoms with Crippen molar-refractivity contribution in [1.82, 2.24) is 10.3 Å². The fourth-order valence-electron chi connectivity index (χ4n) is 2.84. The molecule has 0 fully saturated rings. The number of carbonyl (C=O) groups is 2. The molecule has 154 valence electrons. The van der Waals surface area contributed by atoms with Crippen molar-refractivity contribution in [2.75, 3.05) is 5.32 Å². The zero-order chi connectivity index (χ0) is 21.5. The lowest BCUT2D eigenvalue weighted by atomic mass is 10.1. The van der Waals surface area contributed by atoms with E-state index >= 15 is 0 Å². The van der Waals surface area contributed by atoms with Gasteiger partial charge >= 0.3 is 6.18 Å². The monoisotopic (exact) mass is 451 g/mol. The van der Waals surface area contributed by atoms with E-state index in [1.54, 1.807) is 24.3 Å². The van der Waals surface area contributed by atoms with Crippen molar-refractivity contribution in [3.8, 4) is 0 Å². The van der Waals surface area contributed by atoms with Crippen molar-refractivity contribution in [3.63, 3.8) is 0 Å². The molecule has 1 aliphatic heterocycles. The van der Waals surface area contributed by atoms with Gasteiger partial charge in [-0.15, -0.1) is 11.3 Å². The largest absolute Gasteiger partial charge is 0.443 e. The lowest BCUT2D eigenvalue weighted by Crippen LogP contribution is -2.22.